The Labute approximate surface area is 173 Å². The van der Waals surface area contributed by atoms with Crippen LogP contribution in [0.15, 0.2) is 35.4 Å². The van der Waals surface area contributed by atoms with Crippen molar-refractivity contribution in [2.45, 2.75) is 39.2 Å². The molecular formula is C20H24N8O2. The lowest BCUT2D eigenvalue weighted by Crippen LogP contribution is -2.35. The Hall–Kier alpha value is -3.56. The third kappa shape index (κ3) is 4.70. The summed E-state index contributed by atoms with van der Waals surface area (Å²) in [7, 11) is 0. The molecule has 1 aliphatic rings. The molecule has 2 N–H and O–H groups in total. The maximum atomic E-state index is 12.1. The fourth-order valence-electron chi connectivity index (χ4n) is 3.16. The minimum atomic E-state index is -0.245. The van der Waals surface area contributed by atoms with Crippen LogP contribution in [0.5, 0.6) is 0 Å². The second kappa shape index (κ2) is 8.44. The van der Waals surface area contributed by atoms with E-state index in [4.69, 9.17) is 0 Å². The summed E-state index contributed by atoms with van der Waals surface area (Å²) < 4.78 is 3.05. The molecule has 0 radical (unpaired) electrons. The standard InChI is InChI=1S/C20H24N8O2/c1-13-9-14(2)28(26-13)18-6-5-17(24-25-18)21-7-8-22-19(29)11-27-12-23-16(10-20(27)30)15-3-4-15/h5-6,9-10,12,15H,3-4,7-8,11H2,1-2H3,(H,21,24)(H,22,29). The molecular weight excluding hydrogens is 384 g/mol. The zero-order chi connectivity index (χ0) is 21.1. The number of aryl methyl sites for hydroxylation is 2. The third-order valence-electron chi connectivity index (χ3n) is 4.84. The van der Waals surface area contributed by atoms with Gasteiger partial charge in [0.05, 0.1) is 17.7 Å². The van der Waals surface area contributed by atoms with Crippen LogP contribution in [0.25, 0.3) is 5.82 Å². The van der Waals surface area contributed by atoms with Crippen LogP contribution in [0.3, 0.4) is 0 Å². The van der Waals surface area contributed by atoms with E-state index >= 15 is 0 Å². The van der Waals surface area contributed by atoms with Crippen molar-refractivity contribution in [3.8, 4) is 5.82 Å². The van der Waals surface area contributed by atoms with Crippen molar-refractivity contribution >= 4 is 11.7 Å². The van der Waals surface area contributed by atoms with Crippen LogP contribution in [-0.2, 0) is 11.3 Å². The molecule has 4 rings (SSSR count). The first kappa shape index (κ1) is 19.7. The highest BCUT2D eigenvalue weighted by Gasteiger charge is 2.25. The first-order valence-electron chi connectivity index (χ1n) is 9.94. The highest BCUT2D eigenvalue weighted by Crippen LogP contribution is 2.38. The summed E-state index contributed by atoms with van der Waals surface area (Å²) in [6, 6.07) is 7.15. The van der Waals surface area contributed by atoms with Gasteiger partial charge in [0, 0.05) is 30.8 Å². The Balaban J connectivity index is 1.22. The van der Waals surface area contributed by atoms with Gasteiger partial charge < -0.3 is 10.6 Å². The Morgan fingerprint density at radius 1 is 1.17 bits per heavy atom. The maximum absolute atomic E-state index is 12.1. The third-order valence-corrected chi connectivity index (χ3v) is 4.84. The van der Waals surface area contributed by atoms with Crippen molar-refractivity contribution in [3.63, 3.8) is 0 Å². The summed E-state index contributed by atoms with van der Waals surface area (Å²) in [4.78, 5) is 28.4. The van der Waals surface area contributed by atoms with E-state index in [1.807, 2.05) is 32.0 Å². The molecule has 0 spiro atoms. The predicted octanol–water partition coefficient (Wildman–Crippen LogP) is 0.942. The first-order chi connectivity index (χ1) is 14.5. The van der Waals surface area contributed by atoms with Gasteiger partial charge in [-0.15, -0.1) is 10.2 Å². The van der Waals surface area contributed by atoms with Gasteiger partial charge in [-0.2, -0.15) is 5.10 Å². The fraction of sp³-hybridized carbons (Fsp3) is 0.400. The zero-order valence-electron chi connectivity index (χ0n) is 17.0. The van der Waals surface area contributed by atoms with Crippen molar-refractivity contribution in [2.75, 3.05) is 18.4 Å². The SMILES string of the molecule is Cc1cc(C)n(-c2ccc(NCCNC(=O)Cn3cnc(C4CC4)cc3=O)nn2)n1. The molecule has 3 heterocycles. The lowest BCUT2D eigenvalue weighted by Gasteiger charge is -2.09. The molecule has 30 heavy (non-hydrogen) atoms. The average molecular weight is 408 g/mol. The Kier molecular flexibility index (Phi) is 5.55. The van der Waals surface area contributed by atoms with E-state index in [-0.39, 0.29) is 18.0 Å². The van der Waals surface area contributed by atoms with E-state index in [1.54, 1.807) is 4.68 Å². The van der Waals surface area contributed by atoms with Gasteiger partial charge in [-0.3, -0.25) is 14.2 Å². The van der Waals surface area contributed by atoms with Gasteiger partial charge in [-0.1, -0.05) is 0 Å². The number of amides is 1. The molecule has 1 aliphatic carbocycles. The van der Waals surface area contributed by atoms with Crippen LogP contribution in [0, 0.1) is 13.8 Å². The molecule has 0 aliphatic heterocycles. The molecule has 156 valence electrons. The number of rotatable bonds is 8. The van der Waals surface area contributed by atoms with Crippen LogP contribution in [0.1, 0.15) is 35.8 Å². The number of hydrogen-bond acceptors (Lipinski definition) is 7. The van der Waals surface area contributed by atoms with E-state index in [2.05, 4.69) is 30.9 Å². The van der Waals surface area contributed by atoms with Gasteiger partial charge in [0.25, 0.3) is 5.56 Å². The lowest BCUT2D eigenvalue weighted by atomic mass is 10.3. The summed E-state index contributed by atoms with van der Waals surface area (Å²) in [6.07, 6.45) is 3.62. The van der Waals surface area contributed by atoms with Gasteiger partial charge in [-0.05, 0) is 44.9 Å². The van der Waals surface area contributed by atoms with Crippen molar-refractivity contribution in [1.82, 2.24) is 34.8 Å². The molecule has 3 aromatic rings. The molecule has 0 saturated heterocycles. The lowest BCUT2D eigenvalue weighted by molar-refractivity contribution is -0.121. The molecule has 1 saturated carbocycles. The van der Waals surface area contributed by atoms with E-state index in [0.717, 1.165) is 29.9 Å². The number of aromatic nitrogens is 6. The van der Waals surface area contributed by atoms with E-state index in [9.17, 15) is 9.59 Å². The molecule has 0 unspecified atom stereocenters. The number of nitrogens with one attached hydrogen (secondary N) is 2. The number of nitrogens with zero attached hydrogens (tertiary/aromatic N) is 6. The van der Waals surface area contributed by atoms with Crippen molar-refractivity contribution in [3.05, 3.63) is 58.0 Å². The van der Waals surface area contributed by atoms with Crippen molar-refractivity contribution in [2.24, 2.45) is 0 Å². The Morgan fingerprint density at radius 3 is 2.63 bits per heavy atom. The largest absolute Gasteiger partial charge is 0.367 e. The molecule has 0 bridgehead atoms. The van der Waals surface area contributed by atoms with E-state index < -0.39 is 0 Å². The second-order valence-electron chi connectivity index (χ2n) is 7.45. The smallest absolute Gasteiger partial charge is 0.254 e. The minimum Gasteiger partial charge on any atom is -0.367 e. The summed E-state index contributed by atoms with van der Waals surface area (Å²) in [6.45, 7) is 4.71. The summed E-state index contributed by atoms with van der Waals surface area (Å²) in [5.41, 5.74) is 2.54. The summed E-state index contributed by atoms with van der Waals surface area (Å²) in [5.74, 6) is 1.42. The number of carbonyl (C=O) groups is 1. The zero-order valence-corrected chi connectivity index (χ0v) is 17.0. The molecule has 0 aromatic carbocycles. The number of hydrogen-bond donors (Lipinski definition) is 2. The maximum Gasteiger partial charge on any atom is 0.254 e. The molecule has 1 fully saturated rings. The molecule has 0 atom stereocenters. The monoisotopic (exact) mass is 408 g/mol. The highest BCUT2D eigenvalue weighted by atomic mass is 16.2. The number of carbonyl (C=O) groups excluding carboxylic acids is 1. The molecule has 10 heteroatoms. The first-order valence-corrected chi connectivity index (χ1v) is 9.94. The normalized spacial score (nSPS) is 13.3. The van der Waals surface area contributed by atoms with Crippen LogP contribution >= 0.6 is 0 Å². The minimum absolute atomic E-state index is 0.0477. The Bertz CT molecular complexity index is 1100. The molecule has 3 aromatic heterocycles. The predicted molar refractivity (Wildman–Crippen MR) is 111 cm³/mol. The van der Waals surface area contributed by atoms with E-state index in [0.29, 0.717) is 30.6 Å². The summed E-state index contributed by atoms with van der Waals surface area (Å²) in [5, 5.41) is 18.6. The fourth-order valence-corrected chi connectivity index (χ4v) is 3.16. The van der Waals surface area contributed by atoms with Crippen LogP contribution < -0.4 is 16.2 Å². The van der Waals surface area contributed by atoms with Gasteiger partial charge in [0.1, 0.15) is 12.4 Å². The molecule has 10 nitrogen and oxygen atoms in total. The second-order valence-corrected chi connectivity index (χ2v) is 7.45. The van der Waals surface area contributed by atoms with Gasteiger partial charge in [0.2, 0.25) is 5.91 Å². The highest BCUT2D eigenvalue weighted by molar-refractivity contribution is 5.75. The topological polar surface area (TPSA) is 120 Å². The van der Waals surface area contributed by atoms with Crippen LogP contribution in [0.4, 0.5) is 5.82 Å². The van der Waals surface area contributed by atoms with Gasteiger partial charge in [0.15, 0.2) is 5.82 Å². The van der Waals surface area contributed by atoms with Crippen molar-refractivity contribution < 1.29 is 4.79 Å². The number of anilines is 1. The van der Waals surface area contributed by atoms with Crippen LogP contribution in [-0.4, -0.2) is 48.5 Å². The quantitative estimate of drug-likeness (QED) is 0.532. The van der Waals surface area contributed by atoms with Crippen LogP contribution in [0.2, 0.25) is 0 Å². The summed E-state index contributed by atoms with van der Waals surface area (Å²) >= 11 is 0. The molecule has 1 amide bonds. The average Bonchev–Trinajstić information content (AvgIpc) is 3.51. The van der Waals surface area contributed by atoms with Gasteiger partial charge >= 0.3 is 0 Å². The van der Waals surface area contributed by atoms with E-state index in [1.165, 1.54) is 17.0 Å². The van der Waals surface area contributed by atoms with Crippen molar-refractivity contribution in [1.29, 1.82) is 0 Å². The van der Waals surface area contributed by atoms with Gasteiger partial charge in [-0.25, -0.2) is 9.67 Å². The Morgan fingerprint density at radius 2 is 2.00 bits per heavy atom.